The first-order valence-electron chi connectivity index (χ1n) is 7.84. The maximum Gasteiger partial charge on any atom is 0.233 e. The number of benzene rings is 1. The highest BCUT2D eigenvalue weighted by atomic mass is 16.5. The van der Waals surface area contributed by atoms with Crippen molar-refractivity contribution in [2.75, 3.05) is 38.7 Å². The van der Waals surface area contributed by atoms with Crippen LogP contribution in [0.4, 0.5) is 5.69 Å². The molecule has 126 valence electrons. The van der Waals surface area contributed by atoms with Gasteiger partial charge in [0.25, 0.3) is 0 Å². The molecule has 1 aliphatic rings. The number of carbonyl (C=O) groups excluding carboxylic acids is 2. The summed E-state index contributed by atoms with van der Waals surface area (Å²) in [6.45, 7) is 4.06. The fourth-order valence-electron chi connectivity index (χ4n) is 2.53. The molecule has 6 nitrogen and oxygen atoms in total. The fraction of sp³-hybridized carbons (Fsp3) is 0.529. The molecule has 2 amide bonds. The van der Waals surface area contributed by atoms with E-state index in [0.29, 0.717) is 26.3 Å². The number of morpholine rings is 1. The number of hydrogen-bond acceptors (Lipinski definition) is 4. The van der Waals surface area contributed by atoms with Crippen molar-refractivity contribution in [3.63, 3.8) is 0 Å². The van der Waals surface area contributed by atoms with Crippen LogP contribution in [0.1, 0.15) is 18.4 Å². The van der Waals surface area contributed by atoms with Crippen molar-refractivity contribution >= 4 is 17.5 Å². The van der Waals surface area contributed by atoms with Crippen molar-refractivity contribution in [1.29, 1.82) is 0 Å². The summed E-state index contributed by atoms with van der Waals surface area (Å²) in [5.74, 6) is -0.453. The molecule has 1 heterocycles. The van der Waals surface area contributed by atoms with Gasteiger partial charge < -0.3 is 19.7 Å². The molecule has 1 atom stereocenters. The quantitative estimate of drug-likeness (QED) is 0.808. The zero-order valence-corrected chi connectivity index (χ0v) is 13.7. The summed E-state index contributed by atoms with van der Waals surface area (Å²) in [6, 6.07) is 7.50. The number of rotatable bonds is 6. The number of amides is 2. The maximum absolute atomic E-state index is 12.3. The van der Waals surface area contributed by atoms with Crippen LogP contribution < -0.4 is 5.32 Å². The lowest BCUT2D eigenvalue weighted by atomic mass is 10.2. The van der Waals surface area contributed by atoms with Gasteiger partial charge >= 0.3 is 0 Å². The van der Waals surface area contributed by atoms with Gasteiger partial charge in [0.15, 0.2) is 0 Å². The predicted octanol–water partition coefficient (Wildman–Crippen LogP) is 1.59. The van der Waals surface area contributed by atoms with Crippen molar-refractivity contribution in [3.8, 4) is 0 Å². The molecular formula is C17H24N2O4. The highest BCUT2D eigenvalue weighted by Gasteiger charge is 2.25. The number of aryl methyl sites for hydroxylation is 1. The van der Waals surface area contributed by atoms with Gasteiger partial charge in [0.1, 0.15) is 6.42 Å². The summed E-state index contributed by atoms with van der Waals surface area (Å²) < 4.78 is 10.6. The summed E-state index contributed by atoms with van der Waals surface area (Å²) in [5, 5.41) is 2.79. The molecule has 6 heteroatoms. The SMILES string of the molecule is COCCC1CN(C(=O)CC(=O)Nc2ccccc2C)CCO1. The van der Waals surface area contributed by atoms with Crippen LogP contribution in [0.3, 0.4) is 0 Å². The second-order valence-corrected chi connectivity index (χ2v) is 5.65. The summed E-state index contributed by atoms with van der Waals surface area (Å²) in [6.07, 6.45) is 0.577. The zero-order chi connectivity index (χ0) is 16.7. The van der Waals surface area contributed by atoms with Gasteiger partial charge in [0.2, 0.25) is 11.8 Å². The first kappa shape index (κ1) is 17.4. The number of ether oxygens (including phenoxy) is 2. The highest BCUT2D eigenvalue weighted by Crippen LogP contribution is 2.14. The summed E-state index contributed by atoms with van der Waals surface area (Å²) >= 11 is 0. The maximum atomic E-state index is 12.3. The standard InChI is InChI=1S/C17H24N2O4/c1-13-5-3-4-6-15(13)18-16(20)11-17(21)19-8-10-23-14(12-19)7-9-22-2/h3-6,14H,7-12H2,1-2H3,(H,18,20). The molecule has 0 saturated carbocycles. The Morgan fingerprint density at radius 3 is 2.91 bits per heavy atom. The van der Waals surface area contributed by atoms with Crippen LogP contribution in [0.2, 0.25) is 0 Å². The molecule has 1 aromatic rings. The predicted molar refractivity (Wildman–Crippen MR) is 87.2 cm³/mol. The molecule has 1 aromatic carbocycles. The van der Waals surface area contributed by atoms with Gasteiger partial charge in [-0.05, 0) is 25.0 Å². The van der Waals surface area contributed by atoms with E-state index in [2.05, 4.69) is 5.32 Å². The number of para-hydroxylation sites is 1. The molecular weight excluding hydrogens is 296 g/mol. The normalized spacial score (nSPS) is 17.8. The molecule has 1 N–H and O–H groups in total. The van der Waals surface area contributed by atoms with Crippen LogP contribution in [0.15, 0.2) is 24.3 Å². The number of nitrogens with one attached hydrogen (secondary N) is 1. The number of hydrogen-bond donors (Lipinski definition) is 1. The molecule has 1 unspecified atom stereocenters. The van der Waals surface area contributed by atoms with Crippen molar-refractivity contribution < 1.29 is 19.1 Å². The van der Waals surface area contributed by atoms with Gasteiger partial charge in [-0.25, -0.2) is 0 Å². The summed E-state index contributed by atoms with van der Waals surface area (Å²) in [7, 11) is 1.64. The molecule has 1 saturated heterocycles. The third-order valence-electron chi connectivity index (χ3n) is 3.87. The Balaban J connectivity index is 1.83. The van der Waals surface area contributed by atoms with Gasteiger partial charge in [-0.1, -0.05) is 18.2 Å². The Hall–Kier alpha value is -1.92. The molecule has 0 aromatic heterocycles. The van der Waals surface area contributed by atoms with Crippen LogP contribution in [-0.2, 0) is 19.1 Å². The van der Waals surface area contributed by atoms with E-state index in [0.717, 1.165) is 17.7 Å². The van der Waals surface area contributed by atoms with Gasteiger partial charge in [-0.2, -0.15) is 0 Å². The number of anilines is 1. The van der Waals surface area contributed by atoms with Gasteiger partial charge in [-0.3, -0.25) is 9.59 Å². The minimum atomic E-state index is -0.288. The Kier molecular flexibility index (Phi) is 6.55. The molecule has 2 rings (SSSR count). The number of methoxy groups -OCH3 is 1. The smallest absolute Gasteiger partial charge is 0.233 e. The molecule has 23 heavy (non-hydrogen) atoms. The minimum Gasteiger partial charge on any atom is -0.385 e. The van der Waals surface area contributed by atoms with Gasteiger partial charge in [-0.15, -0.1) is 0 Å². The van der Waals surface area contributed by atoms with Crippen LogP contribution in [0, 0.1) is 6.92 Å². The van der Waals surface area contributed by atoms with Gasteiger partial charge in [0, 0.05) is 32.5 Å². The molecule has 0 bridgehead atoms. The van der Waals surface area contributed by atoms with E-state index < -0.39 is 0 Å². The molecule has 0 aliphatic carbocycles. The van der Waals surface area contributed by atoms with Crippen LogP contribution in [-0.4, -0.2) is 56.2 Å². The van der Waals surface area contributed by atoms with E-state index in [1.54, 1.807) is 12.0 Å². The lowest BCUT2D eigenvalue weighted by molar-refractivity contribution is -0.141. The van der Waals surface area contributed by atoms with Crippen molar-refractivity contribution in [1.82, 2.24) is 4.90 Å². The van der Waals surface area contributed by atoms with E-state index in [-0.39, 0.29) is 24.3 Å². The summed E-state index contributed by atoms with van der Waals surface area (Å²) in [4.78, 5) is 26.0. The Bertz CT molecular complexity index is 547. The average molecular weight is 320 g/mol. The monoisotopic (exact) mass is 320 g/mol. The lowest BCUT2D eigenvalue weighted by Gasteiger charge is -2.32. The van der Waals surface area contributed by atoms with Crippen LogP contribution >= 0.6 is 0 Å². The van der Waals surface area contributed by atoms with E-state index in [9.17, 15) is 9.59 Å². The van der Waals surface area contributed by atoms with Crippen molar-refractivity contribution in [3.05, 3.63) is 29.8 Å². The van der Waals surface area contributed by atoms with E-state index in [4.69, 9.17) is 9.47 Å². The minimum absolute atomic E-state index is 0.0212. The lowest BCUT2D eigenvalue weighted by Crippen LogP contribution is -2.46. The average Bonchev–Trinajstić information content (AvgIpc) is 2.55. The molecule has 0 spiro atoms. The first-order chi connectivity index (χ1) is 11.1. The third kappa shape index (κ3) is 5.33. The number of nitrogens with zero attached hydrogens (tertiary/aromatic N) is 1. The van der Waals surface area contributed by atoms with Crippen molar-refractivity contribution in [2.45, 2.75) is 25.9 Å². The zero-order valence-electron chi connectivity index (χ0n) is 13.7. The van der Waals surface area contributed by atoms with Gasteiger partial charge in [0.05, 0.1) is 12.7 Å². The second-order valence-electron chi connectivity index (χ2n) is 5.65. The first-order valence-corrected chi connectivity index (χ1v) is 7.84. The Labute approximate surface area is 136 Å². The largest absolute Gasteiger partial charge is 0.385 e. The van der Waals surface area contributed by atoms with E-state index >= 15 is 0 Å². The van der Waals surface area contributed by atoms with E-state index in [1.165, 1.54) is 0 Å². The molecule has 1 aliphatic heterocycles. The second kappa shape index (κ2) is 8.64. The topological polar surface area (TPSA) is 67.9 Å². The third-order valence-corrected chi connectivity index (χ3v) is 3.87. The Morgan fingerprint density at radius 2 is 2.17 bits per heavy atom. The van der Waals surface area contributed by atoms with E-state index in [1.807, 2.05) is 31.2 Å². The van der Waals surface area contributed by atoms with Crippen molar-refractivity contribution in [2.24, 2.45) is 0 Å². The Morgan fingerprint density at radius 1 is 1.39 bits per heavy atom. The number of carbonyl (C=O) groups is 2. The fourth-order valence-corrected chi connectivity index (χ4v) is 2.53. The summed E-state index contributed by atoms with van der Waals surface area (Å²) in [5.41, 5.74) is 1.71. The molecule has 1 fully saturated rings. The van der Waals surface area contributed by atoms with Crippen LogP contribution in [0.5, 0.6) is 0 Å². The molecule has 0 radical (unpaired) electrons. The van der Waals surface area contributed by atoms with Crippen LogP contribution in [0.25, 0.3) is 0 Å². The highest BCUT2D eigenvalue weighted by molar-refractivity contribution is 6.03.